The van der Waals surface area contributed by atoms with Crippen molar-refractivity contribution in [2.24, 2.45) is 23.7 Å². The van der Waals surface area contributed by atoms with Crippen molar-refractivity contribution in [3.05, 3.63) is 119 Å². The van der Waals surface area contributed by atoms with Gasteiger partial charge in [-0.1, -0.05) is 104 Å². The van der Waals surface area contributed by atoms with Gasteiger partial charge in [0, 0.05) is 23.5 Å². The van der Waals surface area contributed by atoms with Crippen LogP contribution in [0.4, 0.5) is 0 Å². The number of ketones is 2. The van der Waals surface area contributed by atoms with Crippen LogP contribution in [-0.4, -0.2) is 39.4 Å². The fourth-order valence-electron chi connectivity index (χ4n) is 9.64. The van der Waals surface area contributed by atoms with E-state index in [1.165, 1.54) is 6.08 Å². The smallest absolute Gasteiger partial charge is 0.233 e. The van der Waals surface area contributed by atoms with E-state index in [0.29, 0.717) is 24.0 Å². The Morgan fingerprint density at radius 3 is 2.11 bits per heavy atom. The number of allylic oxidation sites excluding steroid dienone is 4. The molecule has 6 atom stereocenters. The van der Waals surface area contributed by atoms with Crippen molar-refractivity contribution < 1.29 is 24.3 Å². The zero-order chi connectivity index (χ0) is 31.6. The van der Waals surface area contributed by atoms with Crippen molar-refractivity contribution in [1.29, 1.82) is 0 Å². The summed E-state index contributed by atoms with van der Waals surface area (Å²) in [5.74, 6) is -3.02. The van der Waals surface area contributed by atoms with E-state index in [-0.39, 0.29) is 41.1 Å². The van der Waals surface area contributed by atoms with E-state index in [9.17, 15) is 24.3 Å². The number of phenolic OH excluding ortho intramolecular Hbond substituents is 1. The maximum atomic E-state index is 15.0. The number of hydrogen-bond acceptors (Lipinski definition) is 5. The summed E-state index contributed by atoms with van der Waals surface area (Å²) < 4.78 is 0. The molecule has 8 rings (SSSR count). The molecule has 1 heterocycles. The third kappa shape index (κ3) is 4.15. The summed E-state index contributed by atoms with van der Waals surface area (Å²) >= 11 is 0. The molecule has 232 valence electrons. The Labute approximate surface area is 268 Å². The number of rotatable bonds is 4. The van der Waals surface area contributed by atoms with Gasteiger partial charge in [-0.3, -0.25) is 24.1 Å². The molecule has 6 heteroatoms. The molecule has 2 amide bonds. The third-order valence-electron chi connectivity index (χ3n) is 11.6. The van der Waals surface area contributed by atoms with Crippen molar-refractivity contribution >= 4 is 29.0 Å². The maximum Gasteiger partial charge on any atom is 0.233 e. The highest BCUT2D eigenvalue weighted by atomic mass is 16.3. The summed E-state index contributed by atoms with van der Waals surface area (Å²) in [4.78, 5) is 59.8. The molecule has 1 N–H and O–H groups in total. The van der Waals surface area contributed by atoms with Gasteiger partial charge in [0.05, 0.1) is 17.3 Å². The van der Waals surface area contributed by atoms with Crippen LogP contribution in [0.25, 0.3) is 5.57 Å². The van der Waals surface area contributed by atoms with Crippen molar-refractivity contribution in [3.8, 4) is 5.75 Å². The number of Topliss-reactive ketones (excluding diaryl/α,β-unsaturated/α-hetero) is 1. The Hall–Kier alpha value is -4.58. The van der Waals surface area contributed by atoms with Gasteiger partial charge in [-0.15, -0.1) is 0 Å². The van der Waals surface area contributed by atoms with Gasteiger partial charge in [-0.25, -0.2) is 0 Å². The summed E-state index contributed by atoms with van der Waals surface area (Å²) in [6, 6.07) is 25.8. The van der Waals surface area contributed by atoms with Crippen LogP contribution in [0.1, 0.15) is 67.6 Å². The predicted molar refractivity (Wildman–Crippen MR) is 173 cm³/mol. The minimum Gasteiger partial charge on any atom is -0.508 e. The first-order valence-electron chi connectivity index (χ1n) is 16.7. The number of likely N-dealkylation sites (tertiary alicyclic amines) is 1. The molecule has 0 aromatic heterocycles. The monoisotopic (exact) mass is 611 g/mol. The molecule has 3 aromatic rings. The number of hydrogen-bond donors (Lipinski definition) is 1. The quantitative estimate of drug-likeness (QED) is 0.267. The zero-order valence-electron chi connectivity index (χ0n) is 25.7. The molecule has 5 aliphatic rings. The van der Waals surface area contributed by atoms with Crippen LogP contribution in [0, 0.1) is 23.7 Å². The number of nitrogens with zero attached hydrogens (tertiary/aromatic N) is 1. The standard InChI is InChI=1S/C40H37NO5/c42-28-18-16-25(17-19-28)36-29-20-21-30-35(39(46)41(38(30)45)27-14-8-3-9-15-27)32(29)22-33-37(44)31(24-10-4-1-5-11-24)23-34(43)40(33,36)26-12-6-2-7-13-26/h1-2,4-7,10-13,16-20,23,27,30,32-33,35-36,42H,3,8-9,14-15,21-22H2/t30-,32+,33-,35-,36-,40-/m0/s1. The highest BCUT2D eigenvalue weighted by molar-refractivity contribution is 6.31. The first kappa shape index (κ1) is 28.9. The van der Waals surface area contributed by atoms with Crippen LogP contribution in [-0.2, 0) is 24.6 Å². The lowest BCUT2D eigenvalue weighted by atomic mass is 9.44. The van der Waals surface area contributed by atoms with Gasteiger partial charge in [0.15, 0.2) is 11.6 Å². The lowest BCUT2D eigenvalue weighted by molar-refractivity contribution is -0.144. The highest BCUT2D eigenvalue weighted by Gasteiger charge is 2.66. The van der Waals surface area contributed by atoms with E-state index < -0.39 is 29.1 Å². The number of carbonyl (C=O) groups excluding carboxylic acids is 4. The Morgan fingerprint density at radius 2 is 1.41 bits per heavy atom. The lowest BCUT2D eigenvalue weighted by Gasteiger charge is -2.55. The largest absolute Gasteiger partial charge is 0.508 e. The average molecular weight is 612 g/mol. The van der Waals surface area contributed by atoms with Gasteiger partial charge >= 0.3 is 0 Å². The van der Waals surface area contributed by atoms with E-state index >= 15 is 0 Å². The molecule has 1 aliphatic heterocycles. The number of phenols is 1. The summed E-state index contributed by atoms with van der Waals surface area (Å²) in [7, 11) is 0. The van der Waals surface area contributed by atoms with Crippen LogP contribution in [0.15, 0.2) is 103 Å². The SMILES string of the molecule is O=C1C(c2ccccc2)=CC(=O)[C@@]2(c3ccccc3)[C@@H](c3ccc(O)cc3)C3=CC[C@@H]4C(=O)N(C5CCCCC5)C(=O)[C@@H]4[C@@H]3C[C@@H]12. The number of amides is 2. The topological polar surface area (TPSA) is 91.8 Å². The van der Waals surface area contributed by atoms with Crippen LogP contribution in [0.3, 0.4) is 0 Å². The van der Waals surface area contributed by atoms with Gasteiger partial charge in [-0.05, 0) is 66.5 Å². The molecule has 2 saturated carbocycles. The minimum atomic E-state index is -1.25. The fourth-order valence-corrected chi connectivity index (χ4v) is 9.64. The highest BCUT2D eigenvalue weighted by Crippen LogP contribution is 2.63. The van der Waals surface area contributed by atoms with Crippen molar-refractivity contribution in [3.63, 3.8) is 0 Å². The summed E-state index contributed by atoms with van der Waals surface area (Å²) in [6.45, 7) is 0. The van der Waals surface area contributed by atoms with Crippen molar-refractivity contribution in [2.75, 3.05) is 0 Å². The molecule has 4 aliphatic carbocycles. The fraction of sp³-hybridized carbons (Fsp3) is 0.350. The van der Waals surface area contributed by atoms with Crippen molar-refractivity contribution in [1.82, 2.24) is 4.90 Å². The normalized spacial score (nSPS) is 31.1. The number of carbonyl (C=O) groups is 4. The van der Waals surface area contributed by atoms with E-state index in [0.717, 1.165) is 48.8 Å². The number of aromatic hydroxyl groups is 1. The van der Waals surface area contributed by atoms with E-state index in [1.54, 1.807) is 17.0 Å². The second kappa shape index (κ2) is 11.0. The minimum absolute atomic E-state index is 0.0618. The summed E-state index contributed by atoms with van der Waals surface area (Å²) in [5, 5.41) is 10.3. The Kier molecular flexibility index (Phi) is 6.93. The molecule has 1 saturated heterocycles. The second-order valence-corrected chi connectivity index (χ2v) is 13.7. The molecular weight excluding hydrogens is 574 g/mol. The van der Waals surface area contributed by atoms with E-state index in [2.05, 4.69) is 6.08 Å². The van der Waals surface area contributed by atoms with Gasteiger partial charge < -0.3 is 5.11 Å². The van der Waals surface area contributed by atoms with E-state index in [4.69, 9.17) is 0 Å². The van der Waals surface area contributed by atoms with Crippen LogP contribution in [0.5, 0.6) is 5.75 Å². The molecule has 0 unspecified atom stereocenters. The van der Waals surface area contributed by atoms with Gasteiger partial charge in [0.25, 0.3) is 0 Å². The van der Waals surface area contributed by atoms with Crippen LogP contribution < -0.4 is 0 Å². The van der Waals surface area contributed by atoms with E-state index in [1.807, 2.05) is 72.8 Å². The Bertz CT molecular complexity index is 1790. The molecule has 3 fully saturated rings. The summed E-state index contributed by atoms with van der Waals surface area (Å²) in [6.07, 6.45) is 9.22. The Morgan fingerprint density at radius 1 is 0.739 bits per heavy atom. The molecule has 3 aromatic carbocycles. The molecule has 0 spiro atoms. The molecular formula is C40H37NO5. The van der Waals surface area contributed by atoms with Crippen LogP contribution in [0.2, 0.25) is 0 Å². The first-order valence-corrected chi connectivity index (χ1v) is 16.7. The predicted octanol–water partition coefficient (Wildman–Crippen LogP) is 6.55. The Balaban J connectivity index is 1.34. The molecule has 6 nitrogen and oxygen atoms in total. The third-order valence-corrected chi connectivity index (χ3v) is 11.6. The molecule has 0 bridgehead atoms. The van der Waals surface area contributed by atoms with Crippen LogP contribution >= 0.6 is 0 Å². The lowest BCUT2D eigenvalue weighted by Crippen LogP contribution is -2.58. The molecule has 46 heavy (non-hydrogen) atoms. The molecule has 0 radical (unpaired) electrons. The second-order valence-electron chi connectivity index (χ2n) is 13.7. The number of benzene rings is 3. The number of imide groups is 1. The number of fused-ring (bicyclic) bond motifs is 4. The maximum absolute atomic E-state index is 15.0. The van der Waals surface area contributed by atoms with Gasteiger partial charge in [0.1, 0.15) is 5.75 Å². The average Bonchev–Trinajstić information content (AvgIpc) is 3.36. The van der Waals surface area contributed by atoms with Gasteiger partial charge in [-0.2, -0.15) is 0 Å². The van der Waals surface area contributed by atoms with Gasteiger partial charge in [0.2, 0.25) is 11.8 Å². The van der Waals surface area contributed by atoms with Crippen molar-refractivity contribution in [2.45, 2.75) is 62.3 Å². The summed E-state index contributed by atoms with van der Waals surface area (Å²) in [5.41, 5.74) is 2.36. The zero-order valence-corrected chi connectivity index (χ0v) is 25.7. The first-order chi connectivity index (χ1) is 22.4.